The average Bonchev–Trinajstić information content (AvgIpc) is 1.82. The smallest absolute Gasteiger partial charge is 0.282 e. The molecule has 0 aliphatic carbocycles. The van der Waals surface area contributed by atoms with E-state index in [1.54, 1.807) is 13.8 Å². The topological polar surface area (TPSA) is 54.4 Å². The molecule has 0 spiro atoms. The monoisotopic (exact) mass is 202 g/mol. The summed E-state index contributed by atoms with van der Waals surface area (Å²) in [6.07, 6.45) is 0. The summed E-state index contributed by atoms with van der Waals surface area (Å²) in [7, 11) is -4.19. The molecule has 74 valence electrons. The van der Waals surface area contributed by atoms with Crippen molar-refractivity contribution in [2.24, 2.45) is 0 Å². The third kappa shape index (κ3) is 3.16. The fourth-order valence-electron chi connectivity index (χ4n) is 0.928. The standard InChI is InChI=1S/C9H14O3S/c1-6(2)8(5)9(7(3)4)13(10,11)12/h1,3H2,2,4-5H3,(H,10,11,12)/b9-8+. The molecule has 4 heteroatoms. The normalized spacial score (nSPS) is 13.5. The maximum atomic E-state index is 10.9. The molecule has 0 unspecified atom stereocenters. The Morgan fingerprint density at radius 1 is 1.08 bits per heavy atom. The fourth-order valence-corrected chi connectivity index (χ4v) is 1.93. The van der Waals surface area contributed by atoms with E-state index < -0.39 is 10.1 Å². The molecule has 0 fully saturated rings. The minimum absolute atomic E-state index is 0.139. The number of allylic oxidation sites excluding steroid dienone is 3. The van der Waals surface area contributed by atoms with Gasteiger partial charge in [0.1, 0.15) is 0 Å². The van der Waals surface area contributed by atoms with Gasteiger partial charge < -0.3 is 0 Å². The van der Waals surface area contributed by atoms with Crippen molar-refractivity contribution in [1.29, 1.82) is 0 Å². The largest absolute Gasteiger partial charge is 0.295 e. The minimum Gasteiger partial charge on any atom is -0.282 e. The molecule has 1 N–H and O–H groups in total. The highest BCUT2D eigenvalue weighted by molar-refractivity contribution is 7.90. The van der Waals surface area contributed by atoms with Crippen LogP contribution in [0.25, 0.3) is 0 Å². The molecule has 0 aliphatic rings. The lowest BCUT2D eigenvalue weighted by Crippen LogP contribution is -2.05. The van der Waals surface area contributed by atoms with E-state index in [0.717, 1.165) is 0 Å². The van der Waals surface area contributed by atoms with Crippen LogP contribution >= 0.6 is 0 Å². The molecule has 0 amide bonds. The molecule has 0 saturated heterocycles. The summed E-state index contributed by atoms with van der Waals surface area (Å²) in [4.78, 5) is -0.139. The second kappa shape index (κ2) is 3.89. The van der Waals surface area contributed by atoms with Gasteiger partial charge in [-0.25, -0.2) is 0 Å². The zero-order chi connectivity index (χ0) is 10.8. The summed E-state index contributed by atoms with van der Waals surface area (Å²) in [5.74, 6) is 0. The van der Waals surface area contributed by atoms with Crippen molar-refractivity contribution in [3.8, 4) is 0 Å². The molecule has 0 aromatic heterocycles. The van der Waals surface area contributed by atoms with Crippen LogP contribution in [0, 0.1) is 0 Å². The van der Waals surface area contributed by atoms with Gasteiger partial charge in [0.15, 0.2) is 0 Å². The third-order valence-corrected chi connectivity index (χ3v) is 2.80. The van der Waals surface area contributed by atoms with Crippen LogP contribution in [0.3, 0.4) is 0 Å². The Kier molecular flexibility index (Phi) is 3.63. The maximum Gasteiger partial charge on any atom is 0.295 e. The van der Waals surface area contributed by atoms with Gasteiger partial charge in [-0.15, -0.1) is 0 Å². The van der Waals surface area contributed by atoms with Crippen molar-refractivity contribution in [3.63, 3.8) is 0 Å². The third-order valence-electron chi connectivity index (χ3n) is 1.63. The molecule has 0 atom stereocenters. The molecule has 0 heterocycles. The molecule has 0 saturated carbocycles. The van der Waals surface area contributed by atoms with E-state index in [4.69, 9.17) is 4.55 Å². The van der Waals surface area contributed by atoms with Crippen LogP contribution in [0.2, 0.25) is 0 Å². The van der Waals surface area contributed by atoms with Crippen molar-refractivity contribution < 1.29 is 13.0 Å². The Balaban J connectivity index is 5.69. The maximum absolute atomic E-state index is 10.9. The van der Waals surface area contributed by atoms with Gasteiger partial charge in [-0.2, -0.15) is 8.42 Å². The van der Waals surface area contributed by atoms with E-state index in [2.05, 4.69) is 13.2 Å². The Morgan fingerprint density at radius 3 is 1.54 bits per heavy atom. The Bertz CT molecular complexity index is 372. The van der Waals surface area contributed by atoms with E-state index in [1.807, 2.05) is 0 Å². The molecule has 0 aromatic rings. The Labute approximate surface area is 79.2 Å². The molecule has 13 heavy (non-hydrogen) atoms. The quantitative estimate of drug-likeness (QED) is 0.564. The van der Waals surface area contributed by atoms with Gasteiger partial charge in [0.25, 0.3) is 10.1 Å². The summed E-state index contributed by atoms with van der Waals surface area (Å²) < 4.78 is 30.7. The fraction of sp³-hybridized carbons (Fsp3) is 0.333. The highest BCUT2D eigenvalue weighted by atomic mass is 32.2. The molecule has 0 aliphatic heterocycles. The molecule has 3 nitrogen and oxygen atoms in total. The summed E-state index contributed by atoms with van der Waals surface area (Å²) in [6, 6.07) is 0. The predicted molar refractivity (Wildman–Crippen MR) is 53.9 cm³/mol. The second-order valence-corrected chi connectivity index (χ2v) is 4.35. The van der Waals surface area contributed by atoms with Gasteiger partial charge in [-0.3, -0.25) is 4.55 Å². The summed E-state index contributed by atoms with van der Waals surface area (Å²) in [6.45, 7) is 11.9. The van der Waals surface area contributed by atoms with E-state index in [-0.39, 0.29) is 4.91 Å². The molecule has 0 aromatic carbocycles. The Morgan fingerprint density at radius 2 is 1.46 bits per heavy atom. The summed E-state index contributed by atoms with van der Waals surface area (Å²) in [5.41, 5.74) is 1.34. The van der Waals surface area contributed by atoms with Crippen molar-refractivity contribution in [2.45, 2.75) is 20.8 Å². The number of hydrogen-bond donors (Lipinski definition) is 1. The van der Waals surface area contributed by atoms with E-state index in [9.17, 15) is 8.42 Å². The van der Waals surface area contributed by atoms with Crippen molar-refractivity contribution >= 4 is 10.1 Å². The lowest BCUT2D eigenvalue weighted by Gasteiger charge is -2.08. The summed E-state index contributed by atoms with van der Waals surface area (Å²) >= 11 is 0. The van der Waals surface area contributed by atoms with Crippen LogP contribution in [0.1, 0.15) is 20.8 Å². The van der Waals surface area contributed by atoms with Gasteiger partial charge in [-0.05, 0) is 31.9 Å². The van der Waals surface area contributed by atoms with E-state index >= 15 is 0 Å². The highest BCUT2D eigenvalue weighted by Gasteiger charge is 2.17. The number of rotatable bonds is 3. The zero-order valence-electron chi connectivity index (χ0n) is 8.09. The predicted octanol–water partition coefficient (Wildman–Crippen LogP) is 2.30. The molecule has 0 radical (unpaired) electrons. The Hall–Kier alpha value is -0.870. The van der Waals surface area contributed by atoms with Crippen molar-refractivity contribution in [1.82, 2.24) is 0 Å². The zero-order valence-corrected chi connectivity index (χ0v) is 8.90. The van der Waals surface area contributed by atoms with E-state index in [1.165, 1.54) is 6.92 Å². The van der Waals surface area contributed by atoms with Crippen LogP contribution < -0.4 is 0 Å². The number of hydrogen-bond acceptors (Lipinski definition) is 2. The van der Waals surface area contributed by atoms with Gasteiger partial charge in [0.2, 0.25) is 0 Å². The van der Waals surface area contributed by atoms with Crippen LogP contribution in [-0.4, -0.2) is 13.0 Å². The van der Waals surface area contributed by atoms with Gasteiger partial charge in [0.05, 0.1) is 4.91 Å². The van der Waals surface area contributed by atoms with Crippen LogP contribution in [0.15, 0.2) is 34.8 Å². The van der Waals surface area contributed by atoms with Gasteiger partial charge in [0, 0.05) is 0 Å². The van der Waals surface area contributed by atoms with Crippen molar-refractivity contribution in [3.05, 3.63) is 34.8 Å². The molecular weight excluding hydrogens is 188 g/mol. The van der Waals surface area contributed by atoms with Crippen molar-refractivity contribution in [2.75, 3.05) is 0 Å². The molecular formula is C9H14O3S. The highest BCUT2D eigenvalue weighted by Crippen LogP contribution is 2.22. The first-order valence-corrected chi connectivity index (χ1v) is 5.12. The van der Waals surface area contributed by atoms with Gasteiger partial charge >= 0.3 is 0 Å². The first-order valence-electron chi connectivity index (χ1n) is 3.68. The second-order valence-electron chi connectivity index (χ2n) is 2.99. The van der Waals surface area contributed by atoms with E-state index in [0.29, 0.717) is 16.7 Å². The average molecular weight is 202 g/mol. The lowest BCUT2D eigenvalue weighted by molar-refractivity contribution is 0.491. The molecule has 0 rings (SSSR count). The summed E-state index contributed by atoms with van der Waals surface area (Å²) in [5, 5.41) is 0. The first-order chi connectivity index (χ1) is 5.68. The SMILES string of the molecule is C=C(C)/C(C)=C(\C(=C)C)S(=O)(=O)O. The van der Waals surface area contributed by atoms with Crippen LogP contribution in [0.4, 0.5) is 0 Å². The molecule has 0 bridgehead atoms. The lowest BCUT2D eigenvalue weighted by atomic mass is 10.1. The van der Waals surface area contributed by atoms with Gasteiger partial charge in [-0.1, -0.05) is 18.7 Å². The van der Waals surface area contributed by atoms with Crippen LogP contribution in [-0.2, 0) is 10.1 Å². The first kappa shape index (κ1) is 12.1. The minimum atomic E-state index is -4.19. The van der Waals surface area contributed by atoms with Crippen LogP contribution in [0.5, 0.6) is 0 Å².